The van der Waals surface area contributed by atoms with E-state index >= 15 is 0 Å². The first kappa shape index (κ1) is 16.5. The Morgan fingerprint density at radius 1 is 1.09 bits per heavy atom. The third-order valence-corrected chi connectivity index (χ3v) is 3.99. The zero-order chi connectivity index (χ0) is 16.2. The number of halogens is 1. The van der Waals surface area contributed by atoms with Gasteiger partial charge < -0.3 is 10.0 Å². The van der Waals surface area contributed by atoms with Crippen LogP contribution in [0.3, 0.4) is 0 Å². The molecular weight excluding hydrogens is 298 g/mol. The van der Waals surface area contributed by atoms with Crippen molar-refractivity contribution in [3.63, 3.8) is 0 Å². The first-order chi connectivity index (χ1) is 10.4. The largest absolute Gasteiger partial charge is 0.384 e. The van der Waals surface area contributed by atoms with Crippen LogP contribution in [0.1, 0.15) is 17.5 Å². The van der Waals surface area contributed by atoms with Crippen LogP contribution in [0.5, 0.6) is 0 Å². The Hall–Kier alpha value is -1.84. The second-order valence-electron chi connectivity index (χ2n) is 5.64. The van der Waals surface area contributed by atoms with Crippen LogP contribution < -0.4 is 0 Å². The van der Waals surface area contributed by atoms with E-state index in [1.807, 2.05) is 42.5 Å². The Morgan fingerprint density at radius 3 is 2.27 bits per heavy atom. The van der Waals surface area contributed by atoms with Crippen LogP contribution in [0.15, 0.2) is 54.6 Å². The van der Waals surface area contributed by atoms with Crippen LogP contribution >= 0.6 is 11.6 Å². The molecule has 0 spiro atoms. The van der Waals surface area contributed by atoms with Gasteiger partial charge in [-0.15, -0.1) is 0 Å². The predicted molar refractivity (Wildman–Crippen MR) is 88.8 cm³/mol. The number of hydrogen-bond donors (Lipinski definition) is 1. The fraction of sp³-hybridized carbons (Fsp3) is 0.278. The Balaban J connectivity index is 2.40. The maximum absolute atomic E-state index is 12.2. The van der Waals surface area contributed by atoms with Crippen molar-refractivity contribution >= 4 is 17.5 Å². The average Bonchev–Trinajstić information content (AvgIpc) is 2.48. The second kappa shape index (κ2) is 6.95. The molecule has 2 rings (SSSR count). The quantitative estimate of drug-likeness (QED) is 0.919. The summed E-state index contributed by atoms with van der Waals surface area (Å²) in [7, 11) is 3.36. The number of nitrogens with zero attached hydrogens (tertiary/aromatic N) is 1. The molecule has 1 amide bonds. The summed E-state index contributed by atoms with van der Waals surface area (Å²) in [5.74, 6) is -0.140. The van der Waals surface area contributed by atoms with E-state index in [9.17, 15) is 9.90 Å². The molecule has 2 aromatic carbocycles. The van der Waals surface area contributed by atoms with Crippen molar-refractivity contribution in [2.24, 2.45) is 0 Å². The molecule has 0 aliphatic rings. The number of amides is 1. The van der Waals surface area contributed by atoms with Gasteiger partial charge in [-0.1, -0.05) is 60.1 Å². The van der Waals surface area contributed by atoms with E-state index in [0.29, 0.717) is 17.0 Å². The van der Waals surface area contributed by atoms with E-state index in [0.717, 1.165) is 5.56 Å². The number of hydrogen-bond acceptors (Lipinski definition) is 2. The van der Waals surface area contributed by atoms with Gasteiger partial charge in [0.05, 0.1) is 6.42 Å². The molecule has 0 heterocycles. The van der Waals surface area contributed by atoms with Crippen LogP contribution in [-0.4, -0.2) is 30.0 Å². The summed E-state index contributed by atoms with van der Waals surface area (Å²) in [6.07, 6.45) is 0.315. The van der Waals surface area contributed by atoms with Crippen molar-refractivity contribution in [3.8, 4) is 0 Å². The SMILES string of the molecule is CN(C)C(=O)CC(O)(Cc1ccccc1)c1ccccc1Cl. The van der Waals surface area contributed by atoms with Gasteiger partial charge in [0.2, 0.25) is 5.91 Å². The average molecular weight is 318 g/mol. The maximum Gasteiger partial charge on any atom is 0.225 e. The normalized spacial score (nSPS) is 13.5. The molecule has 1 atom stereocenters. The highest BCUT2D eigenvalue weighted by molar-refractivity contribution is 6.31. The third kappa shape index (κ3) is 3.87. The topological polar surface area (TPSA) is 40.5 Å². The minimum atomic E-state index is -1.33. The van der Waals surface area contributed by atoms with E-state index in [-0.39, 0.29) is 12.3 Å². The van der Waals surface area contributed by atoms with E-state index in [2.05, 4.69) is 0 Å². The molecule has 0 aliphatic heterocycles. The van der Waals surface area contributed by atoms with Gasteiger partial charge >= 0.3 is 0 Å². The molecule has 3 nitrogen and oxygen atoms in total. The van der Waals surface area contributed by atoms with Crippen LogP contribution in [0, 0.1) is 0 Å². The van der Waals surface area contributed by atoms with Crippen molar-refractivity contribution in [1.29, 1.82) is 0 Å². The number of carbonyl (C=O) groups is 1. The standard InChI is InChI=1S/C18H20ClNO2/c1-20(2)17(21)13-18(22,12-14-8-4-3-5-9-14)15-10-6-7-11-16(15)19/h3-11,22H,12-13H2,1-2H3. The second-order valence-corrected chi connectivity index (χ2v) is 6.05. The Morgan fingerprint density at radius 2 is 1.68 bits per heavy atom. The first-order valence-corrected chi connectivity index (χ1v) is 7.51. The molecule has 1 N–H and O–H groups in total. The highest BCUT2D eigenvalue weighted by Gasteiger charge is 2.34. The van der Waals surface area contributed by atoms with Crippen LogP contribution in [-0.2, 0) is 16.8 Å². The highest BCUT2D eigenvalue weighted by Crippen LogP contribution is 2.34. The zero-order valence-corrected chi connectivity index (χ0v) is 13.5. The molecule has 0 saturated carbocycles. The van der Waals surface area contributed by atoms with E-state index in [1.54, 1.807) is 26.2 Å². The van der Waals surface area contributed by atoms with Gasteiger partial charge in [0.15, 0.2) is 0 Å². The van der Waals surface area contributed by atoms with E-state index in [1.165, 1.54) is 4.90 Å². The summed E-state index contributed by atoms with van der Waals surface area (Å²) in [4.78, 5) is 13.6. The summed E-state index contributed by atoms with van der Waals surface area (Å²) in [6.45, 7) is 0. The lowest BCUT2D eigenvalue weighted by atomic mass is 9.84. The Bertz CT molecular complexity index is 643. The molecule has 0 bridgehead atoms. The number of rotatable bonds is 5. The molecule has 0 fully saturated rings. The molecular formula is C18H20ClNO2. The maximum atomic E-state index is 12.2. The molecule has 0 radical (unpaired) electrons. The molecule has 2 aromatic rings. The van der Waals surface area contributed by atoms with Gasteiger partial charge in [-0.25, -0.2) is 0 Å². The van der Waals surface area contributed by atoms with Crippen molar-refractivity contribution < 1.29 is 9.90 Å². The van der Waals surface area contributed by atoms with E-state index < -0.39 is 5.60 Å². The smallest absolute Gasteiger partial charge is 0.225 e. The molecule has 4 heteroatoms. The van der Waals surface area contributed by atoms with Crippen LogP contribution in [0.25, 0.3) is 0 Å². The van der Waals surface area contributed by atoms with Crippen LogP contribution in [0.2, 0.25) is 5.02 Å². The highest BCUT2D eigenvalue weighted by atomic mass is 35.5. The predicted octanol–water partition coefficient (Wildman–Crippen LogP) is 3.25. The summed E-state index contributed by atoms with van der Waals surface area (Å²) in [5.41, 5.74) is 0.202. The molecule has 116 valence electrons. The van der Waals surface area contributed by atoms with Crippen molar-refractivity contribution in [2.45, 2.75) is 18.4 Å². The summed E-state index contributed by atoms with van der Waals surface area (Å²) in [5, 5.41) is 11.7. The molecule has 1 unspecified atom stereocenters. The monoisotopic (exact) mass is 317 g/mol. The van der Waals surface area contributed by atoms with Crippen molar-refractivity contribution in [3.05, 3.63) is 70.7 Å². The summed E-state index contributed by atoms with van der Waals surface area (Å²) >= 11 is 6.25. The minimum absolute atomic E-state index is 0.0153. The van der Waals surface area contributed by atoms with Gasteiger partial charge in [-0.2, -0.15) is 0 Å². The lowest BCUT2D eigenvalue weighted by Gasteiger charge is -2.30. The molecule has 0 aromatic heterocycles. The lowest BCUT2D eigenvalue weighted by Crippen LogP contribution is -2.36. The van der Waals surface area contributed by atoms with Crippen molar-refractivity contribution in [1.82, 2.24) is 4.90 Å². The summed E-state index contributed by atoms with van der Waals surface area (Å²) < 4.78 is 0. The molecule has 0 aliphatic carbocycles. The van der Waals surface area contributed by atoms with Gasteiger partial charge in [-0.05, 0) is 11.6 Å². The minimum Gasteiger partial charge on any atom is -0.384 e. The Labute approximate surface area is 136 Å². The zero-order valence-electron chi connectivity index (χ0n) is 12.8. The Kier molecular flexibility index (Phi) is 5.22. The van der Waals surface area contributed by atoms with Gasteiger partial charge in [0, 0.05) is 31.1 Å². The van der Waals surface area contributed by atoms with Crippen molar-refractivity contribution in [2.75, 3.05) is 14.1 Å². The fourth-order valence-corrected chi connectivity index (χ4v) is 2.75. The molecule has 22 heavy (non-hydrogen) atoms. The lowest BCUT2D eigenvalue weighted by molar-refractivity contribution is -0.134. The van der Waals surface area contributed by atoms with Crippen LogP contribution in [0.4, 0.5) is 0 Å². The van der Waals surface area contributed by atoms with Gasteiger partial charge in [0.25, 0.3) is 0 Å². The van der Waals surface area contributed by atoms with Gasteiger partial charge in [0.1, 0.15) is 5.60 Å². The third-order valence-electron chi connectivity index (χ3n) is 3.66. The number of carbonyl (C=O) groups excluding carboxylic acids is 1. The fourth-order valence-electron chi connectivity index (χ4n) is 2.43. The molecule has 0 saturated heterocycles. The van der Waals surface area contributed by atoms with Gasteiger partial charge in [-0.3, -0.25) is 4.79 Å². The first-order valence-electron chi connectivity index (χ1n) is 7.14. The van der Waals surface area contributed by atoms with E-state index in [4.69, 9.17) is 11.6 Å². The summed E-state index contributed by atoms with van der Waals surface area (Å²) in [6, 6.07) is 16.7. The number of aliphatic hydroxyl groups is 1. The number of benzene rings is 2.